The summed E-state index contributed by atoms with van der Waals surface area (Å²) in [5.41, 5.74) is 2.68. The van der Waals surface area contributed by atoms with Gasteiger partial charge in [-0.3, -0.25) is 9.89 Å². The van der Waals surface area contributed by atoms with Crippen LogP contribution in [0.4, 0.5) is 0 Å². The zero-order valence-corrected chi connectivity index (χ0v) is 16.6. The molecule has 0 saturated carbocycles. The van der Waals surface area contributed by atoms with Gasteiger partial charge in [-0.25, -0.2) is 0 Å². The van der Waals surface area contributed by atoms with Crippen molar-refractivity contribution in [3.8, 4) is 0 Å². The third-order valence-corrected chi connectivity index (χ3v) is 4.71. The molecule has 5 heteroatoms. The van der Waals surface area contributed by atoms with Gasteiger partial charge in [0.15, 0.2) is 5.96 Å². The van der Waals surface area contributed by atoms with Crippen molar-refractivity contribution in [3.05, 3.63) is 35.4 Å². The molecule has 5 nitrogen and oxygen atoms in total. The highest BCUT2D eigenvalue weighted by Gasteiger charge is 2.11. The molecule has 0 aromatic heterocycles. The number of hydrogen-bond donors (Lipinski definition) is 2. The molecule has 1 saturated heterocycles. The highest BCUT2D eigenvalue weighted by atomic mass is 16.5. The first kappa shape index (κ1) is 20.7. The predicted molar refractivity (Wildman–Crippen MR) is 109 cm³/mol. The Kier molecular flexibility index (Phi) is 10.1. The van der Waals surface area contributed by atoms with Gasteiger partial charge in [0.1, 0.15) is 0 Å². The minimum atomic E-state index is 0.788. The molecule has 0 amide bonds. The van der Waals surface area contributed by atoms with E-state index in [1.165, 1.54) is 43.5 Å². The Labute approximate surface area is 159 Å². The van der Waals surface area contributed by atoms with Crippen LogP contribution >= 0.6 is 0 Å². The Balaban J connectivity index is 1.61. The first-order valence-electron chi connectivity index (χ1n) is 10.1. The van der Waals surface area contributed by atoms with Crippen molar-refractivity contribution >= 4 is 5.96 Å². The maximum absolute atomic E-state index is 5.57. The van der Waals surface area contributed by atoms with E-state index in [2.05, 4.69) is 51.7 Å². The standard InChI is InChI=1S/C21H36N4O/c1-3-4-15-26-16-7-12-23-21(22-2)24-17-19-8-10-20(11-9-19)18-25-13-5-6-14-25/h8-11H,3-7,12-18H2,1-2H3,(H2,22,23,24). The summed E-state index contributed by atoms with van der Waals surface area (Å²) >= 11 is 0. The third kappa shape index (κ3) is 8.19. The summed E-state index contributed by atoms with van der Waals surface area (Å²) in [6.07, 6.45) is 6.02. The zero-order valence-electron chi connectivity index (χ0n) is 16.6. The number of guanidine groups is 1. The predicted octanol–water partition coefficient (Wildman–Crippen LogP) is 3.15. The first-order chi connectivity index (χ1) is 12.8. The molecule has 1 aliphatic heterocycles. The summed E-state index contributed by atoms with van der Waals surface area (Å²) in [7, 11) is 1.81. The van der Waals surface area contributed by atoms with E-state index in [-0.39, 0.29) is 0 Å². The first-order valence-corrected chi connectivity index (χ1v) is 10.1. The van der Waals surface area contributed by atoms with Gasteiger partial charge in [0.25, 0.3) is 0 Å². The summed E-state index contributed by atoms with van der Waals surface area (Å²) in [5, 5.41) is 6.72. The number of rotatable bonds is 11. The lowest BCUT2D eigenvalue weighted by Crippen LogP contribution is -2.37. The quantitative estimate of drug-likeness (QED) is 0.362. The van der Waals surface area contributed by atoms with Crippen LogP contribution in [-0.4, -0.2) is 50.8 Å². The second-order valence-electron chi connectivity index (χ2n) is 6.97. The molecule has 1 aliphatic rings. The molecule has 0 unspecified atom stereocenters. The molecule has 1 fully saturated rings. The second-order valence-corrected chi connectivity index (χ2v) is 6.97. The summed E-state index contributed by atoms with van der Waals surface area (Å²) in [5.74, 6) is 0.847. The molecule has 0 bridgehead atoms. The Morgan fingerprint density at radius 3 is 2.42 bits per heavy atom. The third-order valence-electron chi connectivity index (χ3n) is 4.71. The Morgan fingerprint density at radius 1 is 1.04 bits per heavy atom. The van der Waals surface area contributed by atoms with E-state index in [1.54, 1.807) is 0 Å². The average Bonchev–Trinajstić information content (AvgIpc) is 3.17. The van der Waals surface area contributed by atoms with Crippen LogP contribution in [0.5, 0.6) is 0 Å². The number of aliphatic imine (C=N–C) groups is 1. The van der Waals surface area contributed by atoms with Crippen molar-refractivity contribution in [3.63, 3.8) is 0 Å². The monoisotopic (exact) mass is 360 g/mol. The van der Waals surface area contributed by atoms with Gasteiger partial charge in [0, 0.05) is 39.9 Å². The van der Waals surface area contributed by atoms with Crippen molar-refractivity contribution in [2.24, 2.45) is 4.99 Å². The number of benzene rings is 1. The van der Waals surface area contributed by atoms with Crippen LogP contribution in [0, 0.1) is 0 Å². The van der Waals surface area contributed by atoms with Gasteiger partial charge in [-0.15, -0.1) is 0 Å². The molecule has 2 rings (SSSR count). The van der Waals surface area contributed by atoms with Gasteiger partial charge in [-0.05, 0) is 49.9 Å². The summed E-state index contributed by atoms with van der Waals surface area (Å²) in [6, 6.07) is 8.93. The number of unbranched alkanes of at least 4 members (excludes halogenated alkanes) is 1. The normalized spacial score (nSPS) is 15.4. The molecule has 1 heterocycles. The van der Waals surface area contributed by atoms with Crippen molar-refractivity contribution in [2.45, 2.75) is 52.1 Å². The number of nitrogens with zero attached hydrogens (tertiary/aromatic N) is 2. The van der Waals surface area contributed by atoms with E-state index in [9.17, 15) is 0 Å². The largest absolute Gasteiger partial charge is 0.381 e. The fourth-order valence-corrected chi connectivity index (χ4v) is 3.10. The summed E-state index contributed by atoms with van der Waals surface area (Å²) in [4.78, 5) is 6.82. The van der Waals surface area contributed by atoms with Gasteiger partial charge >= 0.3 is 0 Å². The number of hydrogen-bond acceptors (Lipinski definition) is 3. The van der Waals surface area contributed by atoms with Crippen LogP contribution in [-0.2, 0) is 17.8 Å². The fourth-order valence-electron chi connectivity index (χ4n) is 3.10. The molecule has 2 N–H and O–H groups in total. The van der Waals surface area contributed by atoms with Gasteiger partial charge in [-0.2, -0.15) is 0 Å². The van der Waals surface area contributed by atoms with Gasteiger partial charge in [0.2, 0.25) is 0 Å². The molecule has 0 spiro atoms. The zero-order chi connectivity index (χ0) is 18.5. The lowest BCUT2D eigenvalue weighted by atomic mass is 10.1. The van der Waals surface area contributed by atoms with Crippen LogP contribution in [0.1, 0.15) is 50.2 Å². The second kappa shape index (κ2) is 12.7. The van der Waals surface area contributed by atoms with Crippen LogP contribution in [0.3, 0.4) is 0 Å². The molecule has 26 heavy (non-hydrogen) atoms. The number of nitrogens with one attached hydrogen (secondary N) is 2. The van der Waals surface area contributed by atoms with E-state index in [4.69, 9.17) is 4.74 Å². The number of ether oxygens (including phenoxy) is 1. The van der Waals surface area contributed by atoms with E-state index < -0.39 is 0 Å². The topological polar surface area (TPSA) is 48.9 Å². The van der Waals surface area contributed by atoms with E-state index in [0.29, 0.717) is 0 Å². The van der Waals surface area contributed by atoms with Crippen LogP contribution in [0.25, 0.3) is 0 Å². The van der Waals surface area contributed by atoms with Crippen LogP contribution < -0.4 is 10.6 Å². The van der Waals surface area contributed by atoms with Crippen molar-refractivity contribution in [1.82, 2.24) is 15.5 Å². The van der Waals surface area contributed by atoms with E-state index in [1.807, 2.05) is 7.05 Å². The molecule has 1 aromatic carbocycles. The van der Waals surface area contributed by atoms with Crippen LogP contribution in [0.2, 0.25) is 0 Å². The van der Waals surface area contributed by atoms with Crippen molar-refractivity contribution in [1.29, 1.82) is 0 Å². The van der Waals surface area contributed by atoms with Crippen molar-refractivity contribution < 1.29 is 4.74 Å². The maximum Gasteiger partial charge on any atom is 0.191 e. The Hall–Kier alpha value is -1.59. The minimum Gasteiger partial charge on any atom is -0.381 e. The molecule has 0 atom stereocenters. The SMILES string of the molecule is CCCCOCCCNC(=NC)NCc1ccc(CN2CCCC2)cc1. The molecule has 146 valence electrons. The molecule has 1 aromatic rings. The lowest BCUT2D eigenvalue weighted by molar-refractivity contribution is 0.129. The molecule has 0 aliphatic carbocycles. The molecular weight excluding hydrogens is 324 g/mol. The fraction of sp³-hybridized carbons (Fsp3) is 0.667. The van der Waals surface area contributed by atoms with Gasteiger partial charge in [0.05, 0.1) is 0 Å². The Bertz CT molecular complexity index is 509. The van der Waals surface area contributed by atoms with Gasteiger partial charge < -0.3 is 15.4 Å². The van der Waals surface area contributed by atoms with Crippen LogP contribution in [0.15, 0.2) is 29.3 Å². The van der Waals surface area contributed by atoms with E-state index in [0.717, 1.165) is 51.6 Å². The van der Waals surface area contributed by atoms with Gasteiger partial charge in [-0.1, -0.05) is 37.6 Å². The smallest absolute Gasteiger partial charge is 0.191 e. The molecular formula is C21H36N4O. The summed E-state index contributed by atoms with van der Waals surface area (Å²) < 4.78 is 5.57. The average molecular weight is 361 g/mol. The molecule has 0 radical (unpaired) electrons. The lowest BCUT2D eigenvalue weighted by Gasteiger charge is -2.15. The maximum atomic E-state index is 5.57. The number of likely N-dealkylation sites (tertiary alicyclic amines) is 1. The highest BCUT2D eigenvalue weighted by Crippen LogP contribution is 2.13. The van der Waals surface area contributed by atoms with E-state index >= 15 is 0 Å². The Morgan fingerprint density at radius 2 is 1.73 bits per heavy atom. The minimum absolute atomic E-state index is 0.788. The summed E-state index contributed by atoms with van der Waals surface area (Å²) in [6.45, 7) is 9.10. The van der Waals surface area contributed by atoms with Crippen molar-refractivity contribution in [2.75, 3.05) is 39.9 Å². The highest BCUT2D eigenvalue weighted by molar-refractivity contribution is 5.79.